The molecule has 1 heterocycles. The Morgan fingerprint density at radius 1 is 0.966 bits per heavy atom. The fourth-order valence-electron chi connectivity index (χ4n) is 2.77. The summed E-state index contributed by atoms with van der Waals surface area (Å²) in [6.07, 6.45) is 4.01. The van der Waals surface area contributed by atoms with Crippen LogP contribution < -0.4 is 0 Å². The molecular weight excluding hydrogens is 386 g/mol. The Labute approximate surface area is 172 Å². The van der Waals surface area contributed by atoms with Crippen LogP contribution in [0.25, 0.3) is 0 Å². The van der Waals surface area contributed by atoms with Gasteiger partial charge in [-0.3, -0.25) is 4.79 Å². The molecule has 5 nitrogen and oxygen atoms in total. The molecule has 1 aliphatic carbocycles. The topological polar surface area (TPSA) is 68.9 Å². The van der Waals surface area contributed by atoms with Gasteiger partial charge in [-0.25, -0.2) is 4.79 Å². The number of rotatable bonds is 8. The maximum Gasteiger partial charge on any atom is 0.400 e. The van der Waals surface area contributed by atoms with Gasteiger partial charge in [-0.05, 0) is 73.7 Å². The molecule has 1 aliphatic rings. The lowest BCUT2D eigenvalue weighted by Crippen LogP contribution is -2.17. The van der Waals surface area contributed by atoms with Crippen LogP contribution in [0.15, 0.2) is 92.4 Å². The summed E-state index contributed by atoms with van der Waals surface area (Å²) in [4.78, 5) is 32.0. The van der Waals surface area contributed by atoms with E-state index in [4.69, 9.17) is 9.25 Å². The second kappa shape index (κ2) is 8.92. The molecule has 2 aromatic carbocycles. The first kappa shape index (κ1) is 19.2. The summed E-state index contributed by atoms with van der Waals surface area (Å²) >= 11 is 1.63. The molecule has 29 heavy (non-hydrogen) atoms. The van der Waals surface area contributed by atoms with Gasteiger partial charge in [0.2, 0.25) is 11.5 Å². The average Bonchev–Trinajstić information content (AvgIpc) is 3.40. The van der Waals surface area contributed by atoms with Crippen LogP contribution in [0.5, 0.6) is 0 Å². The number of nitrogens with zero attached hydrogens (tertiary/aromatic N) is 1. The SMILES string of the molecule is O=C(C(CC1CC1)=NOC(=O)c1ccco1)c1ccc(Sc2ccccc2)cc1. The van der Waals surface area contributed by atoms with E-state index in [2.05, 4.69) is 5.16 Å². The van der Waals surface area contributed by atoms with Gasteiger partial charge < -0.3 is 9.25 Å². The molecule has 0 atom stereocenters. The van der Waals surface area contributed by atoms with Crippen LogP contribution in [0.3, 0.4) is 0 Å². The quantitative estimate of drug-likeness (QED) is 0.210. The number of ketones is 1. The number of hydrogen-bond acceptors (Lipinski definition) is 6. The fraction of sp³-hybridized carbons (Fsp3) is 0.174. The van der Waals surface area contributed by atoms with Crippen LogP contribution in [0.2, 0.25) is 0 Å². The lowest BCUT2D eigenvalue weighted by atomic mass is 10.0. The summed E-state index contributed by atoms with van der Waals surface area (Å²) in [5.74, 6) is -0.465. The highest BCUT2D eigenvalue weighted by molar-refractivity contribution is 7.99. The predicted molar refractivity (Wildman–Crippen MR) is 110 cm³/mol. The van der Waals surface area contributed by atoms with Gasteiger partial charge in [0.05, 0.1) is 6.26 Å². The van der Waals surface area contributed by atoms with E-state index >= 15 is 0 Å². The van der Waals surface area contributed by atoms with Crippen LogP contribution >= 0.6 is 11.8 Å². The Hall–Kier alpha value is -3.12. The van der Waals surface area contributed by atoms with Gasteiger partial charge in [-0.1, -0.05) is 35.1 Å². The number of carbonyl (C=O) groups excluding carboxylic acids is 2. The van der Waals surface area contributed by atoms with Crippen LogP contribution in [-0.2, 0) is 4.84 Å². The Balaban J connectivity index is 1.46. The number of furan rings is 1. The molecule has 0 spiro atoms. The Morgan fingerprint density at radius 2 is 1.69 bits per heavy atom. The maximum atomic E-state index is 12.9. The minimum Gasteiger partial charge on any atom is -0.457 e. The first-order valence-electron chi connectivity index (χ1n) is 9.38. The van der Waals surface area contributed by atoms with Crippen molar-refractivity contribution in [2.45, 2.75) is 29.1 Å². The summed E-state index contributed by atoms with van der Waals surface area (Å²) in [7, 11) is 0. The van der Waals surface area contributed by atoms with E-state index in [9.17, 15) is 9.59 Å². The molecule has 0 bridgehead atoms. The second-order valence-corrected chi connectivity index (χ2v) is 7.96. The Morgan fingerprint density at radius 3 is 2.34 bits per heavy atom. The van der Waals surface area contributed by atoms with E-state index in [1.165, 1.54) is 12.3 Å². The van der Waals surface area contributed by atoms with Crippen molar-refractivity contribution in [2.75, 3.05) is 0 Å². The third kappa shape index (κ3) is 5.23. The molecule has 0 saturated heterocycles. The van der Waals surface area contributed by atoms with Gasteiger partial charge in [0.15, 0.2) is 0 Å². The van der Waals surface area contributed by atoms with E-state index in [1.54, 1.807) is 30.0 Å². The first-order chi connectivity index (χ1) is 14.2. The smallest absolute Gasteiger partial charge is 0.400 e. The molecule has 6 heteroatoms. The van der Waals surface area contributed by atoms with Crippen molar-refractivity contribution in [2.24, 2.45) is 11.1 Å². The number of Topliss-reactive ketones (excluding diaryl/α,β-unsaturated/α-hetero) is 1. The van der Waals surface area contributed by atoms with Crippen molar-refractivity contribution in [1.29, 1.82) is 0 Å². The molecule has 0 aliphatic heterocycles. The Bertz CT molecular complexity index is 1010. The number of oxime groups is 1. The minimum absolute atomic E-state index is 0.0502. The van der Waals surface area contributed by atoms with Gasteiger partial charge in [-0.15, -0.1) is 0 Å². The summed E-state index contributed by atoms with van der Waals surface area (Å²) in [6.45, 7) is 0. The normalized spacial score (nSPS) is 13.9. The fourth-order valence-corrected chi connectivity index (χ4v) is 3.61. The zero-order valence-electron chi connectivity index (χ0n) is 15.6. The first-order valence-corrected chi connectivity index (χ1v) is 10.2. The molecule has 146 valence electrons. The van der Waals surface area contributed by atoms with E-state index < -0.39 is 5.97 Å². The molecule has 3 aromatic rings. The van der Waals surface area contributed by atoms with Gasteiger partial charge in [-0.2, -0.15) is 0 Å². The molecule has 4 rings (SSSR count). The molecule has 1 aromatic heterocycles. The van der Waals surface area contributed by atoms with Gasteiger partial charge >= 0.3 is 5.97 Å². The highest BCUT2D eigenvalue weighted by atomic mass is 32.2. The average molecular weight is 405 g/mol. The summed E-state index contributed by atoms with van der Waals surface area (Å²) in [5.41, 5.74) is 0.784. The van der Waals surface area contributed by atoms with E-state index in [-0.39, 0.29) is 17.3 Å². The van der Waals surface area contributed by atoms with Crippen LogP contribution in [0.4, 0.5) is 0 Å². The number of benzene rings is 2. The molecule has 0 amide bonds. The highest BCUT2D eigenvalue weighted by Crippen LogP contribution is 2.33. The largest absolute Gasteiger partial charge is 0.457 e. The molecular formula is C23H19NO4S. The van der Waals surface area contributed by atoms with E-state index in [0.29, 0.717) is 17.9 Å². The maximum absolute atomic E-state index is 12.9. The summed E-state index contributed by atoms with van der Waals surface area (Å²) in [6, 6.07) is 20.5. The van der Waals surface area contributed by atoms with Crippen molar-refractivity contribution in [1.82, 2.24) is 0 Å². The summed E-state index contributed by atoms with van der Waals surface area (Å²) < 4.78 is 5.00. The standard InChI is InChI=1S/C23H19NO4S/c25-22(17-10-12-19(13-11-17)29-18-5-2-1-3-6-18)20(15-16-8-9-16)24-28-23(26)21-7-4-14-27-21/h1-7,10-14,16H,8-9,15H2. The lowest BCUT2D eigenvalue weighted by molar-refractivity contribution is 0.0478. The van der Waals surface area contributed by atoms with Crippen molar-refractivity contribution >= 4 is 29.2 Å². The van der Waals surface area contributed by atoms with Gasteiger partial charge in [0.1, 0.15) is 5.71 Å². The number of hydrogen-bond donors (Lipinski definition) is 0. The van der Waals surface area contributed by atoms with Crippen LogP contribution in [0.1, 0.15) is 40.2 Å². The van der Waals surface area contributed by atoms with Crippen molar-refractivity contribution < 1.29 is 18.8 Å². The van der Waals surface area contributed by atoms with E-state index in [0.717, 1.165) is 22.6 Å². The van der Waals surface area contributed by atoms with Crippen LogP contribution in [-0.4, -0.2) is 17.5 Å². The predicted octanol–water partition coefficient (Wildman–Crippen LogP) is 5.63. The highest BCUT2D eigenvalue weighted by Gasteiger charge is 2.28. The van der Waals surface area contributed by atoms with Crippen LogP contribution in [0, 0.1) is 5.92 Å². The zero-order chi connectivity index (χ0) is 20.1. The third-order valence-electron chi connectivity index (χ3n) is 4.50. The molecule has 0 unspecified atom stereocenters. The molecule has 0 N–H and O–H groups in total. The molecule has 1 fully saturated rings. The van der Waals surface area contributed by atoms with Crippen molar-refractivity contribution in [3.63, 3.8) is 0 Å². The third-order valence-corrected chi connectivity index (χ3v) is 5.51. The van der Waals surface area contributed by atoms with E-state index in [1.807, 2.05) is 42.5 Å². The summed E-state index contributed by atoms with van der Waals surface area (Å²) in [5, 5.41) is 3.88. The number of carbonyl (C=O) groups is 2. The second-order valence-electron chi connectivity index (χ2n) is 6.81. The van der Waals surface area contributed by atoms with Crippen molar-refractivity contribution in [3.8, 4) is 0 Å². The van der Waals surface area contributed by atoms with Gasteiger partial charge in [0.25, 0.3) is 0 Å². The van der Waals surface area contributed by atoms with Crippen molar-refractivity contribution in [3.05, 3.63) is 84.3 Å². The molecule has 1 saturated carbocycles. The molecule has 0 radical (unpaired) electrons. The zero-order valence-corrected chi connectivity index (χ0v) is 16.4. The monoisotopic (exact) mass is 405 g/mol. The lowest BCUT2D eigenvalue weighted by Gasteiger charge is -2.06. The Kier molecular flexibility index (Phi) is 5.91. The van der Waals surface area contributed by atoms with Gasteiger partial charge in [0, 0.05) is 15.4 Å². The minimum atomic E-state index is -0.717.